The van der Waals surface area contributed by atoms with Gasteiger partial charge in [-0.15, -0.1) is 11.3 Å². The molecule has 2 aromatic rings. The summed E-state index contributed by atoms with van der Waals surface area (Å²) in [6.45, 7) is 9.01. The molecule has 1 N–H and O–H groups in total. The Hall–Kier alpha value is -1.71. The number of carbonyl (C=O) groups excluding carboxylic acids is 1. The first-order chi connectivity index (χ1) is 14.2. The van der Waals surface area contributed by atoms with Crippen LogP contribution in [-0.4, -0.2) is 47.9 Å². The molecule has 1 aliphatic rings. The van der Waals surface area contributed by atoms with Crippen molar-refractivity contribution in [3.63, 3.8) is 0 Å². The Kier molecular flexibility index (Phi) is 7.04. The molecule has 166 valence electrons. The van der Waals surface area contributed by atoms with Crippen molar-refractivity contribution in [1.29, 1.82) is 0 Å². The lowest BCUT2D eigenvalue weighted by Gasteiger charge is -2.19. The van der Waals surface area contributed by atoms with Gasteiger partial charge >= 0.3 is 0 Å². The van der Waals surface area contributed by atoms with E-state index in [9.17, 15) is 13.2 Å². The topological polar surface area (TPSA) is 84.3 Å². The van der Waals surface area contributed by atoms with Crippen LogP contribution in [0, 0.1) is 13.8 Å². The van der Waals surface area contributed by atoms with Crippen LogP contribution >= 0.6 is 11.3 Å². The fourth-order valence-electron chi connectivity index (χ4n) is 3.68. The first kappa shape index (κ1) is 23.0. The van der Waals surface area contributed by atoms with Crippen molar-refractivity contribution in [2.75, 3.05) is 13.1 Å². The second kappa shape index (κ2) is 9.20. The summed E-state index contributed by atoms with van der Waals surface area (Å²) in [7, 11) is -1.79. The van der Waals surface area contributed by atoms with Gasteiger partial charge in [-0.2, -0.15) is 0 Å². The van der Waals surface area contributed by atoms with E-state index in [2.05, 4.69) is 9.71 Å². The summed E-state index contributed by atoms with van der Waals surface area (Å²) in [5.74, 6) is 0.0374. The first-order valence-electron chi connectivity index (χ1n) is 10.6. The standard InChI is InChI=1S/C21H32N4O3S2/c1-6-14(2)23-30(27,28)18-13-17(24(5)16(18)4)20-22-15(3)19(29-20)21(26)25-11-9-7-8-10-12-25/h13-14,23H,6-12H2,1-5H3. The molecular weight excluding hydrogens is 420 g/mol. The molecule has 1 aliphatic heterocycles. The second-order valence-corrected chi connectivity index (χ2v) is 10.8. The zero-order valence-corrected chi connectivity index (χ0v) is 20.1. The van der Waals surface area contributed by atoms with E-state index < -0.39 is 10.0 Å². The summed E-state index contributed by atoms with van der Waals surface area (Å²) in [5, 5.41) is 0.668. The number of likely N-dealkylation sites (tertiary alicyclic amines) is 1. The summed E-state index contributed by atoms with van der Waals surface area (Å²) < 4.78 is 30.2. The van der Waals surface area contributed by atoms with Gasteiger partial charge in [0, 0.05) is 31.9 Å². The number of hydrogen-bond donors (Lipinski definition) is 1. The summed E-state index contributed by atoms with van der Waals surface area (Å²) in [6.07, 6.45) is 5.13. The van der Waals surface area contributed by atoms with Crippen molar-refractivity contribution in [2.24, 2.45) is 7.05 Å². The number of carbonyl (C=O) groups is 1. The molecule has 1 unspecified atom stereocenters. The van der Waals surface area contributed by atoms with Gasteiger partial charge in [-0.25, -0.2) is 18.1 Å². The van der Waals surface area contributed by atoms with Gasteiger partial charge in [0.25, 0.3) is 5.91 Å². The van der Waals surface area contributed by atoms with E-state index in [1.54, 1.807) is 13.0 Å². The van der Waals surface area contributed by atoms with Crippen LogP contribution in [0.5, 0.6) is 0 Å². The Balaban J connectivity index is 1.94. The predicted molar refractivity (Wildman–Crippen MR) is 120 cm³/mol. The zero-order chi connectivity index (χ0) is 22.1. The summed E-state index contributed by atoms with van der Waals surface area (Å²) in [6, 6.07) is 1.52. The van der Waals surface area contributed by atoms with Crippen LogP contribution in [0.3, 0.4) is 0 Å². The Morgan fingerprint density at radius 3 is 2.47 bits per heavy atom. The summed E-state index contributed by atoms with van der Waals surface area (Å²) in [4.78, 5) is 20.5. The van der Waals surface area contributed by atoms with Gasteiger partial charge in [-0.05, 0) is 46.1 Å². The van der Waals surface area contributed by atoms with Gasteiger partial charge < -0.3 is 9.47 Å². The molecule has 2 aromatic heterocycles. The van der Waals surface area contributed by atoms with E-state index in [4.69, 9.17) is 0 Å². The number of nitrogens with zero attached hydrogens (tertiary/aromatic N) is 3. The van der Waals surface area contributed by atoms with Crippen LogP contribution in [0.25, 0.3) is 10.7 Å². The molecule has 30 heavy (non-hydrogen) atoms. The molecule has 1 amide bonds. The van der Waals surface area contributed by atoms with Crippen molar-refractivity contribution >= 4 is 27.3 Å². The van der Waals surface area contributed by atoms with E-state index in [1.165, 1.54) is 24.2 Å². The fraction of sp³-hybridized carbons (Fsp3) is 0.619. The number of thiazole rings is 1. The number of amides is 1. The Morgan fingerprint density at radius 1 is 1.23 bits per heavy atom. The minimum absolute atomic E-state index is 0.0374. The third kappa shape index (κ3) is 4.63. The maximum atomic E-state index is 13.1. The molecule has 0 aromatic carbocycles. The average Bonchev–Trinajstić information content (AvgIpc) is 3.08. The molecular formula is C21H32N4O3S2. The maximum absolute atomic E-state index is 13.1. The minimum Gasteiger partial charge on any atom is -0.345 e. The van der Waals surface area contributed by atoms with Gasteiger partial charge in [0.05, 0.1) is 11.4 Å². The average molecular weight is 453 g/mol. The molecule has 0 radical (unpaired) electrons. The smallest absolute Gasteiger partial charge is 0.265 e. The maximum Gasteiger partial charge on any atom is 0.265 e. The molecule has 0 saturated carbocycles. The molecule has 0 spiro atoms. The number of aromatic nitrogens is 2. The zero-order valence-electron chi connectivity index (χ0n) is 18.5. The normalized spacial score (nSPS) is 16.5. The van der Waals surface area contributed by atoms with E-state index in [0.717, 1.165) is 25.9 Å². The molecule has 3 rings (SSSR count). The van der Waals surface area contributed by atoms with Crippen molar-refractivity contribution < 1.29 is 13.2 Å². The van der Waals surface area contributed by atoms with Crippen molar-refractivity contribution in [1.82, 2.24) is 19.2 Å². The third-order valence-electron chi connectivity index (χ3n) is 5.85. The quantitative estimate of drug-likeness (QED) is 0.721. The van der Waals surface area contributed by atoms with Gasteiger partial charge in [0.2, 0.25) is 10.0 Å². The van der Waals surface area contributed by atoms with Crippen molar-refractivity contribution in [2.45, 2.75) is 70.7 Å². The van der Waals surface area contributed by atoms with E-state index in [-0.39, 0.29) is 16.8 Å². The monoisotopic (exact) mass is 452 g/mol. The molecule has 1 fully saturated rings. The molecule has 1 saturated heterocycles. The molecule has 1 atom stereocenters. The lowest BCUT2D eigenvalue weighted by atomic mass is 10.2. The van der Waals surface area contributed by atoms with Gasteiger partial charge in [0.15, 0.2) is 0 Å². The third-order valence-corrected chi connectivity index (χ3v) is 8.72. The highest BCUT2D eigenvalue weighted by Gasteiger charge is 2.27. The lowest BCUT2D eigenvalue weighted by Crippen LogP contribution is -2.32. The SMILES string of the molecule is CCC(C)NS(=O)(=O)c1cc(-c2nc(C)c(C(=O)N3CCCCCC3)s2)n(C)c1C. The highest BCUT2D eigenvalue weighted by Crippen LogP contribution is 2.33. The second-order valence-electron chi connectivity index (χ2n) is 8.11. The van der Waals surface area contributed by atoms with E-state index in [0.29, 0.717) is 33.4 Å². The Bertz CT molecular complexity index is 1020. The highest BCUT2D eigenvalue weighted by molar-refractivity contribution is 7.89. The largest absolute Gasteiger partial charge is 0.345 e. The van der Waals surface area contributed by atoms with Crippen LogP contribution in [0.15, 0.2) is 11.0 Å². The number of hydrogen-bond acceptors (Lipinski definition) is 5. The number of sulfonamides is 1. The van der Waals surface area contributed by atoms with Crippen molar-refractivity contribution in [3.8, 4) is 10.7 Å². The molecule has 0 bridgehead atoms. The number of rotatable bonds is 6. The fourth-order valence-corrected chi connectivity index (χ4v) is 6.38. The van der Waals surface area contributed by atoms with E-state index >= 15 is 0 Å². The summed E-state index contributed by atoms with van der Waals surface area (Å²) >= 11 is 1.35. The molecule has 9 heteroatoms. The van der Waals surface area contributed by atoms with Crippen LogP contribution in [0.1, 0.15) is 67.0 Å². The number of aryl methyl sites for hydroxylation is 1. The van der Waals surface area contributed by atoms with Crippen LogP contribution in [0.4, 0.5) is 0 Å². The van der Waals surface area contributed by atoms with Crippen LogP contribution in [0.2, 0.25) is 0 Å². The molecule has 7 nitrogen and oxygen atoms in total. The number of nitrogens with one attached hydrogen (secondary N) is 1. The highest BCUT2D eigenvalue weighted by atomic mass is 32.2. The summed E-state index contributed by atoms with van der Waals surface area (Å²) in [5.41, 5.74) is 2.05. The molecule has 3 heterocycles. The molecule has 0 aliphatic carbocycles. The predicted octanol–water partition coefficient (Wildman–Crippen LogP) is 3.86. The van der Waals surface area contributed by atoms with Gasteiger partial charge in [-0.1, -0.05) is 19.8 Å². The Morgan fingerprint density at radius 2 is 1.87 bits per heavy atom. The first-order valence-corrected chi connectivity index (χ1v) is 12.9. The lowest BCUT2D eigenvalue weighted by molar-refractivity contribution is 0.0765. The van der Waals surface area contributed by atoms with E-state index in [1.807, 2.05) is 37.3 Å². The van der Waals surface area contributed by atoms with Crippen LogP contribution in [-0.2, 0) is 17.1 Å². The van der Waals surface area contributed by atoms with Gasteiger partial charge in [-0.3, -0.25) is 4.79 Å². The van der Waals surface area contributed by atoms with Crippen LogP contribution < -0.4 is 4.72 Å². The van der Waals surface area contributed by atoms with Gasteiger partial charge in [0.1, 0.15) is 14.8 Å². The van der Waals surface area contributed by atoms with Crippen molar-refractivity contribution in [3.05, 3.63) is 22.3 Å². The minimum atomic E-state index is -3.62. The Labute approximate surface area is 183 Å².